The van der Waals surface area contributed by atoms with Crippen molar-refractivity contribution in [3.63, 3.8) is 0 Å². The molecular formula is C48H52N8O9. The van der Waals surface area contributed by atoms with Gasteiger partial charge in [0.15, 0.2) is 0 Å². The molecule has 2 fully saturated rings. The molecule has 0 saturated carbocycles. The zero-order valence-corrected chi connectivity index (χ0v) is 36.9. The number of ether oxygens (including phenoxy) is 5. The molecular weight excluding hydrogens is 833 g/mol. The molecule has 3 aliphatic heterocycles. The van der Waals surface area contributed by atoms with Crippen LogP contribution in [0, 0.1) is 5.92 Å². The fourth-order valence-electron chi connectivity index (χ4n) is 9.54. The molecule has 2 saturated heterocycles. The van der Waals surface area contributed by atoms with Gasteiger partial charge in [0, 0.05) is 44.2 Å². The number of aromatic amines is 2. The summed E-state index contributed by atoms with van der Waals surface area (Å²) in [6.07, 6.45) is 1.92. The number of H-pyrrole nitrogens is 2. The number of hydrogen-bond donors (Lipinski definition) is 4. The summed E-state index contributed by atoms with van der Waals surface area (Å²) < 4.78 is 27.1. The van der Waals surface area contributed by atoms with E-state index in [-0.39, 0.29) is 23.8 Å². The second-order valence-electron chi connectivity index (χ2n) is 16.8. The van der Waals surface area contributed by atoms with Gasteiger partial charge >= 0.3 is 12.2 Å². The van der Waals surface area contributed by atoms with E-state index in [0.717, 1.165) is 68.3 Å². The maximum Gasteiger partial charge on any atom is 0.407 e. The normalized spacial score (nSPS) is 19.2. The molecule has 6 atom stereocenters. The zero-order valence-electron chi connectivity index (χ0n) is 36.9. The summed E-state index contributed by atoms with van der Waals surface area (Å²) in [7, 11) is 5.67. The third-order valence-electron chi connectivity index (χ3n) is 12.9. The molecule has 2 aromatic heterocycles. The molecule has 65 heavy (non-hydrogen) atoms. The van der Waals surface area contributed by atoms with Gasteiger partial charge in [-0.2, -0.15) is 0 Å². The summed E-state index contributed by atoms with van der Waals surface area (Å²) in [6.45, 7) is 3.49. The topological polar surface area (TPSA) is 202 Å². The Morgan fingerprint density at radius 2 is 1.66 bits per heavy atom. The summed E-state index contributed by atoms with van der Waals surface area (Å²) in [5, 5.41) is 7.27. The number of carbonyl (C=O) groups excluding carboxylic acids is 4. The van der Waals surface area contributed by atoms with Crippen molar-refractivity contribution < 1.29 is 42.9 Å². The molecule has 4 amide bonds. The first-order valence-electron chi connectivity index (χ1n) is 21.7. The van der Waals surface area contributed by atoms with Crippen LogP contribution in [0.2, 0.25) is 0 Å². The van der Waals surface area contributed by atoms with Gasteiger partial charge in [0.1, 0.15) is 36.1 Å². The van der Waals surface area contributed by atoms with Gasteiger partial charge in [0.25, 0.3) is 5.91 Å². The minimum Gasteiger partial charge on any atom is -0.488 e. The number of likely N-dealkylation sites (tertiary alicyclic amines) is 2. The van der Waals surface area contributed by atoms with Crippen LogP contribution in [0.4, 0.5) is 9.59 Å². The molecule has 9 rings (SSSR count). The van der Waals surface area contributed by atoms with Crippen LogP contribution < -0.4 is 15.4 Å². The van der Waals surface area contributed by atoms with Gasteiger partial charge in [0.05, 0.1) is 61.9 Å². The molecule has 6 aromatic rings. The van der Waals surface area contributed by atoms with Crippen molar-refractivity contribution in [1.82, 2.24) is 40.4 Å². The van der Waals surface area contributed by atoms with E-state index in [1.165, 1.54) is 21.3 Å². The fourth-order valence-corrected chi connectivity index (χ4v) is 9.54. The summed E-state index contributed by atoms with van der Waals surface area (Å²) in [4.78, 5) is 73.2. The number of nitrogens with one attached hydrogen (secondary N) is 4. The molecule has 0 unspecified atom stereocenters. The van der Waals surface area contributed by atoms with Crippen molar-refractivity contribution in [3.8, 4) is 28.1 Å². The van der Waals surface area contributed by atoms with Crippen LogP contribution in [0.3, 0.4) is 0 Å². The average Bonchev–Trinajstić information content (AvgIpc) is 4.18. The number of carbonyl (C=O) groups is 4. The molecule has 17 heteroatoms. The highest BCUT2D eigenvalue weighted by molar-refractivity contribution is 6.07. The highest BCUT2D eigenvalue weighted by Crippen LogP contribution is 2.44. The van der Waals surface area contributed by atoms with Gasteiger partial charge in [-0.3, -0.25) is 9.59 Å². The van der Waals surface area contributed by atoms with Crippen molar-refractivity contribution in [3.05, 3.63) is 102 Å². The second kappa shape index (κ2) is 18.3. The smallest absolute Gasteiger partial charge is 0.407 e. The highest BCUT2D eigenvalue weighted by Gasteiger charge is 2.43. The van der Waals surface area contributed by atoms with E-state index >= 15 is 0 Å². The van der Waals surface area contributed by atoms with E-state index < -0.39 is 36.4 Å². The first-order chi connectivity index (χ1) is 31.6. The summed E-state index contributed by atoms with van der Waals surface area (Å²) >= 11 is 0. The second-order valence-corrected chi connectivity index (χ2v) is 16.8. The van der Waals surface area contributed by atoms with Crippen LogP contribution in [0.25, 0.3) is 44.2 Å². The third-order valence-corrected chi connectivity index (χ3v) is 12.9. The predicted octanol–water partition coefficient (Wildman–Crippen LogP) is 6.72. The number of imidazole rings is 2. The lowest BCUT2D eigenvalue weighted by Gasteiger charge is -2.30. The number of benzene rings is 4. The van der Waals surface area contributed by atoms with E-state index in [9.17, 15) is 19.2 Å². The third kappa shape index (κ3) is 8.32. The van der Waals surface area contributed by atoms with E-state index in [0.29, 0.717) is 49.9 Å². The van der Waals surface area contributed by atoms with Gasteiger partial charge in [-0.05, 0) is 78.1 Å². The SMILES string of the molecule is COC[C@H]1C[C@@H](c2nc3c(ccc4cc5c(cc43)OCc3cc(-c4cnc([C@@H]6CCCN6C(=O)[C@H](NC(=O)OC)c6ccccc6)[nH]4)ccc3-5)[nH]2)N(C(=O)[C@@H](NC(=O)OC)[C@@H](C)OC)C1. The van der Waals surface area contributed by atoms with Crippen molar-refractivity contribution in [2.75, 3.05) is 48.1 Å². The Hall–Kier alpha value is -6.98. The molecule has 0 spiro atoms. The number of alkyl carbamates (subject to hydrolysis) is 2. The van der Waals surface area contributed by atoms with E-state index in [1.807, 2.05) is 42.5 Å². The first-order valence-corrected chi connectivity index (χ1v) is 21.7. The van der Waals surface area contributed by atoms with Crippen LogP contribution >= 0.6 is 0 Å². The van der Waals surface area contributed by atoms with E-state index in [2.05, 4.69) is 50.9 Å². The molecule has 5 heterocycles. The Balaban J connectivity index is 0.967. The number of amides is 4. The highest BCUT2D eigenvalue weighted by atomic mass is 16.5. The van der Waals surface area contributed by atoms with Crippen molar-refractivity contribution in [1.29, 1.82) is 0 Å². The Morgan fingerprint density at radius 3 is 2.43 bits per heavy atom. The number of aromatic nitrogens is 4. The summed E-state index contributed by atoms with van der Waals surface area (Å²) in [6, 6.07) is 21.1. The van der Waals surface area contributed by atoms with E-state index in [1.54, 1.807) is 30.0 Å². The molecule has 4 aromatic carbocycles. The number of methoxy groups -OCH3 is 4. The molecule has 0 radical (unpaired) electrons. The van der Waals surface area contributed by atoms with Crippen LogP contribution in [0.15, 0.2) is 79.0 Å². The molecule has 338 valence electrons. The molecule has 0 aliphatic carbocycles. The van der Waals surface area contributed by atoms with Gasteiger partial charge in [-0.15, -0.1) is 0 Å². The zero-order chi connectivity index (χ0) is 45.4. The Bertz CT molecular complexity index is 2760. The summed E-state index contributed by atoms with van der Waals surface area (Å²) in [5.41, 5.74) is 7.04. The maximum atomic E-state index is 14.2. The van der Waals surface area contributed by atoms with Crippen LogP contribution in [-0.4, -0.2) is 114 Å². The fraction of sp³-hybridized carbons (Fsp3) is 0.375. The first kappa shape index (κ1) is 43.3. The van der Waals surface area contributed by atoms with Gasteiger partial charge in [-0.1, -0.05) is 48.5 Å². The largest absolute Gasteiger partial charge is 0.488 e. The number of nitrogens with zero attached hydrogens (tertiary/aromatic N) is 4. The maximum absolute atomic E-state index is 14.2. The number of fused-ring (bicyclic) bond motifs is 6. The predicted molar refractivity (Wildman–Crippen MR) is 240 cm³/mol. The van der Waals surface area contributed by atoms with Crippen molar-refractivity contribution >= 4 is 45.8 Å². The summed E-state index contributed by atoms with van der Waals surface area (Å²) in [5.74, 6) is 1.58. The average molecular weight is 885 g/mol. The van der Waals surface area contributed by atoms with Crippen molar-refractivity contribution in [2.45, 2.75) is 63.1 Å². The lowest BCUT2D eigenvalue weighted by atomic mass is 9.92. The van der Waals surface area contributed by atoms with Crippen LogP contribution in [-0.2, 0) is 35.1 Å². The Labute approximate surface area is 375 Å². The van der Waals surface area contributed by atoms with Gasteiger partial charge in [0.2, 0.25) is 5.91 Å². The lowest BCUT2D eigenvalue weighted by Crippen LogP contribution is -2.54. The standard InChI is InChI=1S/C48H52N8O9/c1-26(62-3)40(53-47(59)63-4)45(57)56-23-27(24-61-2)18-38(56)44-50-35-16-14-29-20-34-32-15-13-30(19-31(32)25-65-39(34)21-33(29)42(35)52-44)36-22-49-43(51-36)37-12-9-17-55(37)46(58)41(54-48(60)64-5)28-10-7-6-8-11-28/h6-8,10-11,13-16,19-22,26-27,37-38,40-41H,9,12,17-18,23-25H2,1-5H3,(H,49,51)(H,50,52)(H,53,59)(H,54,60)/t26-,27+,37+,38+,40+,41-/m1/s1. The number of hydrogen-bond acceptors (Lipinski definition) is 11. The Morgan fingerprint density at radius 1 is 0.862 bits per heavy atom. The quantitative estimate of drug-likeness (QED) is 0.102. The molecule has 3 aliphatic rings. The lowest BCUT2D eigenvalue weighted by molar-refractivity contribution is -0.138. The molecule has 0 bridgehead atoms. The number of rotatable bonds is 12. The molecule has 4 N–H and O–H groups in total. The minimum absolute atomic E-state index is 0.0524. The minimum atomic E-state index is -0.973. The molecule has 17 nitrogen and oxygen atoms in total. The van der Waals surface area contributed by atoms with Crippen LogP contribution in [0.1, 0.15) is 67.1 Å². The Kier molecular flexibility index (Phi) is 12.2. The van der Waals surface area contributed by atoms with Crippen LogP contribution in [0.5, 0.6) is 5.75 Å². The van der Waals surface area contributed by atoms with E-state index in [4.69, 9.17) is 33.7 Å². The monoisotopic (exact) mass is 884 g/mol. The van der Waals surface area contributed by atoms with Gasteiger partial charge in [-0.25, -0.2) is 19.6 Å². The van der Waals surface area contributed by atoms with Crippen molar-refractivity contribution in [2.24, 2.45) is 5.92 Å². The van der Waals surface area contributed by atoms with Gasteiger partial charge < -0.3 is 54.1 Å².